The molecule has 0 spiro atoms. The lowest BCUT2D eigenvalue weighted by atomic mass is 10.1. The summed E-state index contributed by atoms with van der Waals surface area (Å²) in [6.45, 7) is 2.47. The van der Waals surface area contributed by atoms with Crippen LogP contribution in [-0.4, -0.2) is 41.6 Å². The van der Waals surface area contributed by atoms with Crippen LogP contribution in [0.25, 0.3) is 0 Å². The third kappa shape index (κ3) is 2.85. The highest BCUT2D eigenvalue weighted by atomic mass is 16.6. The standard InChI is InChI=1S/C12H16N4O4/c1-7-10(3-4-20-7)15-12(17)9-5-8(16(18)19)6-14-11(9)13-2/h5-7,10H,3-4H2,1-2H3,(H,13,14)(H,15,17). The van der Waals surface area contributed by atoms with E-state index in [1.165, 1.54) is 6.07 Å². The van der Waals surface area contributed by atoms with Gasteiger partial charge < -0.3 is 15.4 Å². The number of hydrogen-bond acceptors (Lipinski definition) is 6. The van der Waals surface area contributed by atoms with E-state index in [4.69, 9.17) is 4.74 Å². The van der Waals surface area contributed by atoms with Crippen LogP contribution in [0.15, 0.2) is 12.3 Å². The van der Waals surface area contributed by atoms with Crippen molar-refractivity contribution >= 4 is 17.4 Å². The first-order chi connectivity index (χ1) is 9.52. The van der Waals surface area contributed by atoms with E-state index in [9.17, 15) is 14.9 Å². The zero-order valence-corrected chi connectivity index (χ0v) is 11.3. The summed E-state index contributed by atoms with van der Waals surface area (Å²) in [5, 5.41) is 16.3. The Hall–Kier alpha value is -2.22. The fraction of sp³-hybridized carbons (Fsp3) is 0.500. The molecule has 1 aromatic rings. The van der Waals surface area contributed by atoms with Crippen molar-refractivity contribution in [1.82, 2.24) is 10.3 Å². The predicted molar refractivity (Wildman–Crippen MR) is 71.7 cm³/mol. The molecule has 2 heterocycles. The van der Waals surface area contributed by atoms with E-state index in [2.05, 4.69) is 15.6 Å². The van der Waals surface area contributed by atoms with Gasteiger partial charge in [0.25, 0.3) is 11.6 Å². The highest BCUT2D eigenvalue weighted by Gasteiger charge is 2.27. The molecule has 1 aliphatic heterocycles. The Balaban J connectivity index is 2.23. The van der Waals surface area contributed by atoms with Gasteiger partial charge in [0.15, 0.2) is 0 Å². The van der Waals surface area contributed by atoms with Gasteiger partial charge in [-0.25, -0.2) is 4.98 Å². The van der Waals surface area contributed by atoms with Gasteiger partial charge in [0.05, 0.1) is 22.6 Å². The lowest BCUT2D eigenvalue weighted by Crippen LogP contribution is -2.39. The minimum absolute atomic E-state index is 0.0661. The first kappa shape index (κ1) is 14.2. The molecule has 0 aromatic carbocycles. The van der Waals surface area contributed by atoms with Crippen LogP contribution in [0.5, 0.6) is 0 Å². The number of ether oxygens (including phenoxy) is 1. The van der Waals surface area contributed by atoms with Crippen LogP contribution < -0.4 is 10.6 Å². The summed E-state index contributed by atoms with van der Waals surface area (Å²) in [7, 11) is 1.60. The summed E-state index contributed by atoms with van der Waals surface area (Å²) in [5.41, 5.74) is -0.0642. The second kappa shape index (κ2) is 5.83. The lowest BCUT2D eigenvalue weighted by molar-refractivity contribution is -0.385. The molecule has 8 nitrogen and oxygen atoms in total. The molecule has 2 unspecified atom stereocenters. The number of nitro groups is 1. The fourth-order valence-electron chi connectivity index (χ4n) is 2.09. The molecule has 1 saturated heterocycles. The Kier molecular flexibility index (Phi) is 4.14. The van der Waals surface area contributed by atoms with E-state index in [-0.39, 0.29) is 23.4 Å². The van der Waals surface area contributed by atoms with E-state index in [0.29, 0.717) is 12.4 Å². The van der Waals surface area contributed by atoms with Crippen LogP contribution in [0.3, 0.4) is 0 Å². The quantitative estimate of drug-likeness (QED) is 0.628. The highest BCUT2D eigenvalue weighted by molar-refractivity contribution is 5.99. The number of carbonyl (C=O) groups excluding carboxylic acids is 1. The number of nitrogens with zero attached hydrogens (tertiary/aromatic N) is 2. The highest BCUT2D eigenvalue weighted by Crippen LogP contribution is 2.20. The maximum atomic E-state index is 12.2. The first-order valence-corrected chi connectivity index (χ1v) is 6.27. The van der Waals surface area contributed by atoms with Crippen molar-refractivity contribution in [2.45, 2.75) is 25.5 Å². The van der Waals surface area contributed by atoms with E-state index in [1.54, 1.807) is 7.05 Å². The number of rotatable bonds is 4. The number of amides is 1. The number of aromatic nitrogens is 1. The molecular weight excluding hydrogens is 264 g/mol. The van der Waals surface area contributed by atoms with Crippen LogP contribution >= 0.6 is 0 Å². The molecule has 1 fully saturated rings. The van der Waals surface area contributed by atoms with Gasteiger partial charge in [0, 0.05) is 19.7 Å². The topological polar surface area (TPSA) is 106 Å². The van der Waals surface area contributed by atoms with Crippen molar-refractivity contribution in [2.24, 2.45) is 0 Å². The molecule has 0 bridgehead atoms. The average molecular weight is 280 g/mol. The molecule has 1 aliphatic rings. The van der Waals surface area contributed by atoms with Crippen molar-refractivity contribution < 1.29 is 14.5 Å². The van der Waals surface area contributed by atoms with Crippen LogP contribution in [-0.2, 0) is 4.74 Å². The van der Waals surface area contributed by atoms with Crippen molar-refractivity contribution in [3.8, 4) is 0 Å². The minimum atomic E-state index is -0.579. The molecule has 108 valence electrons. The summed E-state index contributed by atoms with van der Waals surface area (Å²) < 4.78 is 5.37. The van der Waals surface area contributed by atoms with Gasteiger partial charge in [-0.15, -0.1) is 0 Å². The Morgan fingerprint density at radius 1 is 1.60 bits per heavy atom. The molecule has 20 heavy (non-hydrogen) atoms. The van der Waals surface area contributed by atoms with Crippen molar-refractivity contribution in [3.05, 3.63) is 27.9 Å². The molecule has 2 atom stereocenters. The third-order valence-electron chi connectivity index (χ3n) is 3.26. The Morgan fingerprint density at radius 3 is 2.90 bits per heavy atom. The number of carbonyl (C=O) groups is 1. The third-order valence-corrected chi connectivity index (χ3v) is 3.26. The smallest absolute Gasteiger partial charge is 0.288 e. The summed E-state index contributed by atoms with van der Waals surface area (Å²) in [5.74, 6) is -0.0902. The molecule has 2 rings (SSSR count). The Bertz CT molecular complexity index is 534. The van der Waals surface area contributed by atoms with Crippen molar-refractivity contribution in [2.75, 3.05) is 19.0 Å². The maximum absolute atomic E-state index is 12.2. The lowest BCUT2D eigenvalue weighted by Gasteiger charge is -2.16. The number of nitrogens with one attached hydrogen (secondary N) is 2. The number of anilines is 1. The normalized spacial score (nSPS) is 21.5. The largest absolute Gasteiger partial charge is 0.376 e. The summed E-state index contributed by atoms with van der Waals surface area (Å²) >= 11 is 0. The van der Waals surface area contributed by atoms with E-state index in [1.807, 2.05) is 6.92 Å². The predicted octanol–water partition coefficient (Wildman–Crippen LogP) is 0.939. The zero-order valence-electron chi connectivity index (χ0n) is 11.3. The molecular formula is C12H16N4O4. The molecule has 1 aromatic heterocycles. The van der Waals surface area contributed by atoms with Crippen molar-refractivity contribution in [1.29, 1.82) is 0 Å². The van der Waals surface area contributed by atoms with E-state index >= 15 is 0 Å². The molecule has 0 saturated carbocycles. The van der Waals surface area contributed by atoms with Gasteiger partial charge in [-0.1, -0.05) is 0 Å². The monoisotopic (exact) mass is 280 g/mol. The van der Waals surface area contributed by atoms with Gasteiger partial charge >= 0.3 is 0 Å². The van der Waals surface area contributed by atoms with E-state index < -0.39 is 10.8 Å². The molecule has 0 aliphatic carbocycles. The van der Waals surface area contributed by atoms with Gasteiger partial charge in [-0.05, 0) is 13.3 Å². The van der Waals surface area contributed by atoms with Crippen LogP contribution in [0.4, 0.5) is 11.5 Å². The summed E-state index contributed by atoms with van der Waals surface area (Å²) in [6.07, 6.45) is 1.78. The molecule has 0 radical (unpaired) electrons. The van der Waals surface area contributed by atoms with Gasteiger partial charge in [0.2, 0.25) is 0 Å². The van der Waals surface area contributed by atoms with Crippen LogP contribution in [0.2, 0.25) is 0 Å². The SMILES string of the molecule is CNc1ncc([N+](=O)[O-])cc1C(=O)NC1CCOC1C. The second-order valence-electron chi connectivity index (χ2n) is 4.54. The van der Waals surface area contributed by atoms with Gasteiger partial charge in [-0.2, -0.15) is 0 Å². The fourth-order valence-corrected chi connectivity index (χ4v) is 2.09. The van der Waals surface area contributed by atoms with E-state index in [0.717, 1.165) is 12.6 Å². The minimum Gasteiger partial charge on any atom is -0.376 e. The summed E-state index contributed by atoms with van der Waals surface area (Å²) in [4.78, 5) is 26.3. The average Bonchev–Trinajstić information content (AvgIpc) is 2.83. The van der Waals surface area contributed by atoms with Crippen LogP contribution in [0.1, 0.15) is 23.7 Å². The number of pyridine rings is 1. The molecule has 1 amide bonds. The number of hydrogen-bond donors (Lipinski definition) is 2. The molecule has 2 N–H and O–H groups in total. The van der Waals surface area contributed by atoms with Crippen LogP contribution in [0, 0.1) is 10.1 Å². The van der Waals surface area contributed by atoms with Gasteiger partial charge in [-0.3, -0.25) is 14.9 Å². The van der Waals surface area contributed by atoms with Gasteiger partial charge in [0.1, 0.15) is 12.0 Å². The summed E-state index contributed by atoms with van der Waals surface area (Å²) in [6, 6.07) is 1.13. The first-order valence-electron chi connectivity index (χ1n) is 6.27. The Morgan fingerprint density at radius 2 is 2.35 bits per heavy atom. The Labute approximate surface area is 115 Å². The maximum Gasteiger partial charge on any atom is 0.288 e. The second-order valence-corrected chi connectivity index (χ2v) is 4.54. The zero-order chi connectivity index (χ0) is 14.7. The van der Waals surface area contributed by atoms with Crippen molar-refractivity contribution in [3.63, 3.8) is 0 Å². The molecule has 8 heteroatoms.